The predicted molar refractivity (Wildman–Crippen MR) is 102 cm³/mol. The van der Waals surface area contributed by atoms with Gasteiger partial charge in [0.2, 0.25) is 15.9 Å². The molecule has 0 spiro atoms. The van der Waals surface area contributed by atoms with Gasteiger partial charge in [0.05, 0.1) is 29.8 Å². The number of nitriles is 1. The quantitative estimate of drug-likeness (QED) is 0.718. The molecule has 1 aromatic carbocycles. The van der Waals surface area contributed by atoms with Crippen molar-refractivity contribution in [3.05, 3.63) is 54.0 Å². The second-order valence-electron chi connectivity index (χ2n) is 6.64. The van der Waals surface area contributed by atoms with Crippen LogP contribution in [0.15, 0.2) is 52.0 Å². The average molecular weight is 402 g/mol. The average Bonchev–Trinajstić information content (AvgIpc) is 3.20. The zero-order chi connectivity index (χ0) is 20.1. The highest BCUT2D eigenvalue weighted by Crippen LogP contribution is 2.21. The molecule has 1 aliphatic heterocycles. The molecule has 0 radical (unpaired) electrons. The molecule has 0 aliphatic carbocycles. The lowest BCUT2D eigenvalue weighted by Gasteiger charge is -2.34. The Kier molecular flexibility index (Phi) is 6.14. The number of nitrogens with zero attached hydrogens (tertiary/aromatic N) is 4. The van der Waals surface area contributed by atoms with Crippen molar-refractivity contribution in [1.82, 2.24) is 14.1 Å². The minimum Gasteiger partial charge on any atom is -0.468 e. The van der Waals surface area contributed by atoms with Gasteiger partial charge in [0.25, 0.3) is 0 Å². The van der Waals surface area contributed by atoms with Gasteiger partial charge in [0.15, 0.2) is 0 Å². The summed E-state index contributed by atoms with van der Waals surface area (Å²) in [5, 5.41) is 9.17. The topological polar surface area (TPSA) is 97.9 Å². The van der Waals surface area contributed by atoms with Crippen molar-refractivity contribution in [3.63, 3.8) is 0 Å². The highest BCUT2D eigenvalue weighted by molar-refractivity contribution is 7.89. The van der Waals surface area contributed by atoms with Crippen LogP contribution in [0.5, 0.6) is 0 Å². The number of rotatable bonds is 6. The second-order valence-corrected chi connectivity index (χ2v) is 8.55. The maximum absolute atomic E-state index is 12.9. The van der Waals surface area contributed by atoms with E-state index in [1.807, 2.05) is 24.1 Å². The maximum Gasteiger partial charge on any atom is 0.244 e. The molecule has 3 rings (SSSR count). The molecular weight excluding hydrogens is 380 g/mol. The lowest BCUT2D eigenvalue weighted by atomic mass is 10.2. The number of benzene rings is 1. The van der Waals surface area contributed by atoms with Gasteiger partial charge in [0, 0.05) is 26.2 Å². The van der Waals surface area contributed by atoms with Crippen molar-refractivity contribution in [1.29, 1.82) is 5.26 Å². The number of amides is 1. The van der Waals surface area contributed by atoms with Gasteiger partial charge >= 0.3 is 0 Å². The summed E-state index contributed by atoms with van der Waals surface area (Å²) in [5.74, 6) is 0.728. The Morgan fingerprint density at radius 3 is 2.54 bits per heavy atom. The molecule has 9 heteroatoms. The van der Waals surface area contributed by atoms with Gasteiger partial charge in [-0.15, -0.1) is 0 Å². The molecule has 0 N–H and O–H groups in total. The Hall–Kier alpha value is -2.67. The van der Waals surface area contributed by atoms with E-state index in [0.29, 0.717) is 19.6 Å². The van der Waals surface area contributed by atoms with Crippen LogP contribution in [0.25, 0.3) is 0 Å². The number of likely N-dealkylation sites (N-methyl/N-ethyl adjacent to an activating group) is 1. The van der Waals surface area contributed by atoms with E-state index in [0.717, 1.165) is 5.76 Å². The first-order valence-electron chi connectivity index (χ1n) is 8.90. The van der Waals surface area contributed by atoms with Crippen LogP contribution >= 0.6 is 0 Å². The van der Waals surface area contributed by atoms with Gasteiger partial charge in [-0.25, -0.2) is 8.42 Å². The lowest BCUT2D eigenvalue weighted by molar-refractivity contribution is -0.133. The van der Waals surface area contributed by atoms with E-state index >= 15 is 0 Å². The molecule has 2 aromatic rings. The zero-order valence-electron chi connectivity index (χ0n) is 15.6. The van der Waals surface area contributed by atoms with Crippen LogP contribution in [0.4, 0.5) is 0 Å². The summed E-state index contributed by atoms with van der Waals surface area (Å²) >= 11 is 0. The van der Waals surface area contributed by atoms with Crippen LogP contribution in [0.1, 0.15) is 11.3 Å². The Labute approximate surface area is 164 Å². The fraction of sp³-hybridized carbons (Fsp3) is 0.368. The maximum atomic E-state index is 12.9. The number of piperazine rings is 1. The second kappa shape index (κ2) is 8.56. The van der Waals surface area contributed by atoms with Crippen LogP contribution in [0.3, 0.4) is 0 Å². The monoisotopic (exact) mass is 402 g/mol. The molecule has 0 atom stereocenters. The molecule has 1 aromatic heterocycles. The summed E-state index contributed by atoms with van der Waals surface area (Å²) in [6.45, 7) is 1.80. The summed E-state index contributed by atoms with van der Waals surface area (Å²) in [7, 11) is -1.93. The van der Waals surface area contributed by atoms with E-state index in [9.17, 15) is 18.5 Å². The predicted octanol–water partition coefficient (Wildman–Crippen LogP) is 1.12. The largest absolute Gasteiger partial charge is 0.468 e. The van der Waals surface area contributed by atoms with Gasteiger partial charge in [-0.3, -0.25) is 9.69 Å². The number of hydrogen-bond donors (Lipinski definition) is 0. The molecule has 1 saturated heterocycles. The zero-order valence-corrected chi connectivity index (χ0v) is 16.4. The normalized spacial score (nSPS) is 15.5. The summed E-state index contributed by atoms with van der Waals surface area (Å²) in [6, 6.07) is 11.7. The fourth-order valence-electron chi connectivity index (χ4n) is 3.16. The number of carbonyl (C=O) groups is 1. The van der Waals surface area contributed by atoms with Crippen molar-refractivity contribution in [2.75, 3.05) is 39.8 Å². The first-order valence-corrected chi connectivity index (χ1v) is 10.3. The van der Waals surface area contributed by atoms with E-state index in [1.165, 1.54) is 16.4 Å². The molecule has 0 bridgehead atoms. The molecule has 28 heavy (non-hydrogen) atoms. The van der Waals surface area contributed by atoms with Crippen molar-refractivity contribution in [3.8, 4) is 6.07 Å². The number of sulfonamides is 1. The van der Waals surface area contributed by atoms with E-state index < -0.39 is 10.0 Å². The van der Waals surface area contributed by atoms with Crippen LogP contribution in [0, 0.1) is 11.3 Å². The van der Waals surface area contributed by atoms with Crippen molar-refractivity contribution in [2.24, 2.45) is 0 Å². The van der Waals surface area contributed by atoms with Crippen LogP contribution in [-0.2, 0) is 21.4 Å². The minimum absolute atomic E-state index is 0.00968. The molecule has 8 nitrogen and oxygen atoms in total. The Morgan fingerprint density at radius 2 is 1.89 bits per heavy atom. The smallest absolute Gasteiger partial charge is 0.244 e. The summed E-state index contributed by atoms with van der Waals surface area (Å²) in [6.07, 6.45) is 1.59. The van der Waals surface area contributed by atoms with Crippen molar-refractivity contribution >= 4 is 15.9 Å². The summed E-state index contributed by atoms with van der Waals surface area (Å²) in [4.78, 5) is 16.0. The number of carbonyl (C=O) groups excluding carboxylic acids is 1. The lowest BCUT2D eigenvalue weighted by Crippen LogP contribution is -2.52. The third-order valence-electron chi connectivity index (χ3n) is 4.63. The molecule has 1 fully saturated rings. The molecule has 2 heterocycles. The minimum atomic E-state index is -3.76. The molecule has 0 unspecified atom stereocenters. The van der Waals surface area contributed by atoms with Gasteiger partial charge in [-0.05, 0) is 31.3 Å². The SMILES string of the molecule is CN(CC(=O)N1CCN(S(=O)(=O)c2ccccc2C#N)CC1)Cc1ccco1. The van der Waals surface area contributed by atoms with E-state index in [4.69, 9.17) is 4.42 Å². The molecular formula is C19H22N4O4S. The van der Waals surface area contributed by atoms with E-state index in [1.54, 1.807) is 29.4 Å². The van der Waals surface area contributed by atoms with Gasteiger partial charge in [-0.2, -0.15) is 9.57 Å². The number of hydrogen-bond acceptors (Lipinski definition) is 6. The van der Waals surface area contributed by atoms with Crippen LogP contribution < -0.4 is 0 Å². The first-order chi connectivity index (χ1) is 13.4. The molecule has 148 valence electrons. The van der Waals surface area contributed by atoms with Gasteiger partial charge in [-0.1, -0.05) is 12.1 Å². The molecule has 1 aliphatic rings. The Morgan fingerprint density at radius 1 is 1.18 bits per heavy atom. The highest BCUT2D eigenvalue weighted by Gasteiger charge is 2.31. The van der Waals surface area contributed by atoms with Crippen LogP contribution in [0.2, 0.25) is 0 Å². The van der Waals surface area contributed by atoms with Gasteiger partial charge in [0.1, 0.15) is 11.8 Å². The summed E-state index contributed by atoms with van der Waals surface area (Å²) in [5.41, 5.74) is 0.126. The molecule has 0 saturated carbocycles. The van der Waals surface area contributed by atoms with E-state index in [2.05, 4.69) is 0 Å². The Balaban J connectivity index is 1.58. The number of furan rings is 1. The van der Waals surface area contributed by atoms with Crippen LogP contribution in [-0.4, -0.2) is 68.2 Å². The Bertz CT molecular complexity index is 958. The highest BCUT2D eigenvalue weighted by atomic mass is 32.2. The standard InChI is InChI=1S/C19H22N4O4S/c1-21(14-17-6-4-12-27-17)15-19(24)22-8-10-23(11-9-22)28(25,26)18-7-3-2-5-16(18)13-20/h2-7,12H,8-11,14-15H2,1H3. The third-order valence-corrected chi connectivity index (χ3v) is 6.58. The van der Waals surface area contributed by atoms with Crippen molar-refractivity contribution < 1.29 is 17.6 Å². The fourth-order valence-corrected chi connectivity index (χ4v) is 4.72. The first kappa shape index (κ1) is 20.1. The molecule has 1 amide bonds. The summed E-state index contributed by atoms with van der Waals surface area (Å²) < 4.78 is 32.3. The van der Waals surface area contributed by atoms with Gasteiger partial charge < -0.3 is 9.32 Å². The third kappa shape index (κ3) is 4.42. The van der Waals surface area contributed by atoms with E-state index in [-0.39, 0.29) is 36.0 Å². The van der Waals surface area contributed by atoms with Crippen molar-refractivity contribution in [2.45, 2.75) is 11.4 Å².